The van der Waals surface area contributed by atoms with Crippen molar-refractivity contribution in [2.45, 2.75) is 25.0 Å². The SMILES string of the molecule is COc1ccc2c(c1N1C(=O)CCC1=O)C(O)C=CC2O. The fourth-order valence-electron chi connectivity index (χ4n) is 2.80. The van der Waals surface area contributed by atoms with Gasteiger partial charge < -0.3 is 14.9 Å². The van der Waals surface area contributed by atoms with Gasteiger partial charge in [-0.1, -0.05) is 18.2 Å². The summed E-state index contributed by atoms with van der Waals surface area (Å²) < 4.78 is 5.24. The molecule has 2 N–H and O–H groups in total. The Morgan fingerprint density at radius 2 is 1.71 bits per heavy atom. The number of amides is 2. The summed E-state index contributed by atoms with van der Waals surface area (Å²) >= 11 is 0. The molecule has 1 fully saturated rings. The number of hydrogen-bond donors (Lipinski definition) is 2. The van der Waals surface area contributed by atoms with Crippen molar-refractivity contribution >= 4 is 17.5 Å². The van der Waals surface area contributed by atoms with Gasteiger partial charge in [-0.25, -0.2) is 4.90 Å². The lowest BCUT2D eigenvalue weighted by atomic mass is 9.90. The predicted octanol–water partition coefficient (Wildman–Crippen LogP) is 0.985. The number of rotatable bonds is 2. The van der Waals surface area contributed by atoms with Crippen LogP contribution < -0.4 is 9.64 Å². The first-order chi connectivity index (χ1) is 10.0. The van der Waals surface area contributed by atoms with Gasteiger partial charge in [0.1, 0.15) is 11.4 Å². The van der Waals surface area contributed by atoms with E-state index in [2.05, 4.69) is 0 Å². The Balaban J connectivity index is 2.26. The maximum absolute atomic E-state index is 12.0. The Kier molecular flexibility index (Phi) is 3.27. The number of methoxy groups -OCH3 is 1. The van der Waals surface area contributed by atoms with Crippen LogP contribution in [0.4, 0.5) is 5.69 Å². The zero-order chi connectivity index (χ0) is 15.1. The topological polar surface area (TPSA) is 87.1 Å². The molecule has 0 radical (unpaired) electrons. The van der Waals surface area contributed by atoms with E-state index in [4.69, 9.17) is 4.74 Å². The number of carbonyl (C=O) groups excluding carboxylic acids is 2. The van der Waals surface area contributed by atoms with Crippen molar-refractivity contribution in [2.75, 3.05) is 12.0 Å². The van der Waals surface area contributed by atoms with Crippen LogP contribution in [-0.4, -0.2) is 29.1 Å². The lowest BCUT2D eigenvalue weighted by molar-refractivity contribution is -0.121. The highest BCUT2D eigenvalue weighted by molar-refractivity contribution is 6.21. The molecule has 1 aromatic carbocycles. The summed E-state index contributed by atoms with van der Waals surface area (Å²) in [5.74, 6) is -0.343. The number of aliphatic hydroxyl groups is 2. The van der Waals surface area contributed by atoms with Crippen molar-refractivity contribution in [1.29, 1.82) is 0 Å². The number of hydrogen-bond acceptors (Lipinski definition) is 5. The molecule has 0 aromatic heterocycles. The third-order valence-corrected chi connectivity index (χ3v) is 3.80. The molecule has 21 heavy (non-hydrogen) atoms. The molecule has 2 amide bonds. The van der Waals surface area contributed by atoms with Crippen LogP contribution in [-0.2, 0) is 9.59 Å². The van der Waals surface area contributed by atoms with Crippen LogP contribution in [0.3, 0.4) is 0 Å². The van der Waals surface area contributed by atoms with Gasteiger partial charge >= 0.3 is 0 Å². The summed E-state index contributed by atoms with van der Waals surface area (Å²) in [4.78, 5) is 25.1. The summed E-state index contributed by atoms with van der Waals surface area (Å²) in [6, 6.07) is 3.21. The molecule has 6 nitrogen and oxygen atoms in total. The minimum Gasteiger partial charge on any atom is -0.495 e. The number of carbonyl (C=O) groups is 2. The average Bonchev–Trinajstić information content (AvgIpc) is 2.81. The fourth-order valence-corrected chi connectivity index (χ4v) is 2.80. The number of imide groups is 1. The van der Waals surface area contributed by atoms with Crippen molar-refractivity contribution in [3.8, 4) is 5.75 Å². The third-order valence-electron chi connectivity index (χ3n) is 3.80. The number of benzene rings is 1. The molecule has 6 heteroatoms. The summed E-state index contributed by atoms with van der Waals surface area (Å²) in [6.07, 6.45) is 1.29. The first-order valence-corrected chi connectivity index (χ1v) is 6.65. The van der Waals surface area contributed by atoms with Crippen LogP contribution >= 0.6 is 0 Å². The second kappa shape index (κ2) is 4.98. The first-order valence-electron chi connectivity index (χ1n) is 6.65. The van der Waals surface area contributed by atoms with Gasteiger partial charge in [0.25, 0.3) is 0 Å². The Morgan fingerprint density at radius 1 is 1.10 bits per heavy atom. The zero-order valence-electron chi connectivity index (χ0n) is 11.4. The summed E-state index contributed by atoms with van der Waals surface area (Å²) in [6.45, 7) is 0. The van der Waals surface area contributed by atoms with Crippen LogP contribution in [0.5, 0.6) is 5.75 Å². The van der Waals surface area contributed by atoms with Crippen molar-refractivity contribution in [3.05, 3.63) is 35.4 Å². The molecule has 2 unspecified atom stereocenters. The zero-order valence-corrected chi connectivity index (χ0v) is 11.4. The van der Waals surface area contributed by atoms with Gasteiger partial charge in [-0.05, 0) is 11.6 Å². The van der Waals surface area contributed by atoms with Gasteiger partial charge in [-0.3, -0.25) is 9.59 Å². The summed E-state index contributed by atoms with van der Waals surface area (Å²) in [5, 5.41) is 20.2. The molecule has 0 spiro atoms. The van der Waals surface area contributed by atoms with E-state index in [1.54, 1.807) is 12.1 Å². The maximum Gasteiger partial charge on any atom is 0.234 e. The molecule has 3 rings (SSSR count). The fraction of sp³-hybridized carbons (Fsp3) is 0.333. The van der Waals surface area contributed by atoms with Gasteiger partial charge in [0.2, 0.25) is 11.8 Å². The highest BCUT2D eigenvalue weighted by Gasteiger charge is 2.37. The second-order valence-corrected chi connectivity index (χ2v) is 5.02. The number of anilines is 1. The Hall–Kier alpha value is -2.18. The molecule has 1 aromatic rings. The van der Waals surface area contributed by atoms with Crippen LogP contribution in [0.1, 0.15) is 36.2 Å². The Bertz CT molecular complexity index is 636. The number of ether oxygens (including phenoxy) is 1. The summed E-state index contributed by atoms with van der Waals surface area (Å²) in [5.41, 5.74) is 1.04. The largest absolute Gasteiger partial charge is 0.495 e. The molecule has 1 aliphatic carbocycles. The van der Waals surface area contributed by atoms with Crippen molar-refractivity contribution in [1.82, 2.24) is 0 Å². The number of nitrogens with zero attached hydrogens (tertiary/aromatic N) is 1. The molecule has 2 atom stereocenters. The molecule has 1 aliphatic heterocycles. The lowest BCUT2D eigenvalue weighted by Crippen LogP contribution is -2.31. The maximum atomic E-state index is 12.0. The average molecular weight is 289 g/mol. The standard InChI is InChI=1S/C15H15NO5/c1-21-11-5-2-8-9(17)3-4-10(18)14(8)15(11)16-12(19)6-7-13(16)20/h2-5,9-10,17-18H,6-7H2,1H3. The van der Waals surface area contributed by atoms with Crippen molar-refractivity contribution in [3.63, 3.8) is 0 Å². The second-order valence-electron chi connectivity index (χ2n) is 5.02. The number of aliphatic hydroxyl groups excluding tert-OH is 2. The van der Waals surface area contributed by atoms with Gasteiger partial charge in [0, 0.05) is 18.4 Å². The normalized spacial score (nSPS) is 24.4. The van der Waals surface area contributed by atoms with Gasteiger partial charge in [0.15, 0.2) is 0 Å². The monoisotopic (exact) mass is 289 g/mol. The molecule has 0 bridgehead atoms. The molecule has 110 valence electrons. The van der Waals surface area contributed by atoms with Crippen LogP contribution in [0.2, 0.25) is 0 Å². The van der Waals surface area contributed by atoms with Crippen molar-refractivity contribution < 1.29 is 24.5 Å². The summed E-state index contributed by atoms with van der Waals surface area (Å²) in [7, 11) is 1.43. The Labute approximate surface area is 121 Å². The van der Waals surface area contributed by atoms with E-state index in [0.29, 0.717) is 16.9 Å². The van der Waals surface area contributed by atoms with E-state index < -0.39 is 12.2 Å². The molecule has 1 saturated heterocycles. The molecule has 0 saturated carbocycles. The molecular formula is C15H15NO5. The van der Waals surface area contributed by atoms with Crippen LogP contribution in [0, 0.1) is 0 Å². The Morgan fingerprint density at radius 3 is 2.33 bits per heavy atom. The van der Waals surface area contributed by atoms with E-state index in [1.807, 2.05) is 0 Å². The molecule has 1 heterocycles. The minimum atomic E-state index is -1.00. The van der Waals surface area contributed by atoms with Gasteiger partial charge in [0.05, 0.1) is 19.3 Å². The van der Waals surface area contributed by atoms with E-state index in [0.717, 1.165) is 4.90 Å². The lowest BCUT2D eigenvalue weighted by Gasteiger charge is -2.28. The van der Waals surface area contributed by atoms with E-state index >= 15 is 0 Å². The highest BCUT2D eigenvalue weighted by Crippen LogP contribution is 2.44. The van der Waals surface area contributed by atoms with E-state index in [-0.39, 0.29) is 30.3 Å². The quantitative estimate of drug-likeness (QED) is 0.626. The van der Waals surface area contributed by atoms with E-state index in [1.165, 1.54) is 19.3 Å². The van der Waals surface area contributed by atoms with Crippen LogP contribution in [0.15, 0.2) is 24.3 Å². The van der Waals surface area contributed by atoms with Gasteiger partial charge in [-0.2, -0.15) is 0 Å². The van der Waals surface area contributed by atoms with Gasteiger partial charge in [-0.15, -0.1) is 0 Å². The molecule has 2 aliphatic rings. The molecular weight excluding hydrogens is 274 g/mol. The smallest absolute Gasteiger partial charge is 0.234 e. The first kappa shape index (κ1) is 13.8. The predicted molar refractivity (Wildman–Crippen MR) is 73.8 cm³/mol. The number of fused-ring (bicyclic) bond motifs is 1. The van der Waals surface area contributed by atoms with Crippen LogP contribution in [0.25, 0.3) is 0 Å². The minimum absolute atomic E-state index is 0.139. The third kappa shape index (κ3) is 2.03. The highest BCUT2D eigenvalue weighted by atomic mass is 16.5. The van der Waals surface area contributed by atoms with E-state index in [9.17, 15) is 19.8 Å². The van der Waals surface area contributed by atoms with Crippen molar-refractivity contribution in [2.24, 2.45) is 0 Å².